The van der Waals surface area contributed by atoms with Crippen LogP contribution in [0.25, 0.3) is 0 Å². The van der Waals surface area contributed by atoms with E-state index < -0.39 is 5.92 Å². The van der Waals surface area contributed by atoms with Crippen molar-refractivity contribution in [3.8, 4) is 0 Å². The minimum absolute atomic E-state index is 0.0295. The van der Waals surface area contributed by atoms with Gasteiger partial charge in [-0.25, -0.2) is 0 Å². The number of hydrogen-bond acceptors (Lipinski definition) is 4. The number of aryl methyl sites for hydroxylation is 1. The number of nitrogens with zero attached hydrogens (tertiary/aromatic N) is 2. The smallest absolute Gasteiger partial charge is 0.228 e. The molecule has 4 rings (SSSR count). The highest BCUT2D eigenvalue weighted by Gasteiger charge is 2.37. The van der Waals surface area contributed by atoms with Gasteiger partial charge >= 0.3 is 0 Å². The molecule has 1 fully saturated rings. The summed E-state index contributed by atoms with van der Waals surface area (Å²) in [6.07, 6.45) is 3.38. The predicted octanol–water partition coefficient (Wildman–Crippen LogP) is 3.76. The van der Waals surface area contributed by atoms with Crippen LogP contribution in [-0.2, 0) is 22.7 Å². The van der Waals surface area contributed by atoms with E-state index in [0.717, 1.165) is 11.3 Å². The van der Waals surface area contributed by atoms with Crippen molar-refractivity contribution < 1.29 is 18.4 Å². The van der Waals surface area contributed by atoms with Crippen LogP contribution in [0.15, 0.2) is 69.9 Å². The van der Waals surface area contributed by atoms with Crippen LogP contribution in [0.1, 0.15) is 23.5 Å². The molecule has 3 heterocycles. The average molecular weight is 378 g/mol. The number of furan rings is 2. The Hall–Kier alpha value is -3.28. The number of hydrogen-bond donors (Lipinski definition) is 0. The number of carbonyl (C=O) groups excluding carboxylic acids is 2. The summed E-state index contributed by atoms with van der Waals surface area (Å²) in [7, 11) is 0. The fraction of sp³-hybridized carbons (Fsp3) is 0.273. The largest absolute Gasteiger partial charge is 0.467 e. The second-order valence-corrected chi connectivity index (χ2v) is 7.09. The number of anilines is 1. The minimum atomic E-state index is -0.390. The normalized spacial score (nSPS) is 16.5. The van der Waals surface area contributed by atoms with Crippen LogP contribution < -0.4 is 4.90 Å². The average Bonchev–Trinajstić information content (AvgIpc) is 3.44. The second kappa shape index (κ2) is 7.76. The van der Waals surface area contributed by atoms with E-state index in [4.69, 9.17) is 8.83 Å². The Kier molecular flexibility index (Phi) is 5.02. The highest BCUT2D eigenvalue weighted by Crippen LogP contribution is 2.27. The van der Waals surface area contributed by atoms with Crippen LogP contribution >= 0.6 is 0 Å². The van der Waals surface area contributed by atoms with Gasteiger partial charge < -0.3 is 18.6 Å². The van der Waals surface area contributed by atoms with Crippen molar-refractivity contribution in [1.29, 1.82) is 0 Å². The minimum Gasteiger partial charge on any atom is -0.467 e. The van der Waals surface area contributed by atoms with Crippen molar-refractivity contribution >= 4 is 17.5 Å². The van der Waals surface area contributed by atoms with Crippen LogP contribution in [0.2, 0.25) is 0 Å². The molecule has 0 radical (unpaired) electrons. The van der Waals surface area contributed by atoms with Gasteiger partial charge in [-0.3, -0.25) is 9.59 Å². The molecular formula is C22H22N2O4. The van der Waals surface area contributed by atoms with E-state index >= 15 is 0 Å². The van der Waals surface area contributed by atoms with Crippen molar-refractivity contribution in [2.24, 2.45) is 5.92 Å². The van der Waals surface area contributed by atoms with Gasteiger partial charge in [0.1, 0.15) is 11.5 Å². The molecule has 0 N–H and O–H groups in total. The second-order valence-electron chi connectivity index (χ2n) is 7.09. The van der Waals surface area contributed by atoms with Crippen molar-refractivity contribution in [1.82, 2.24) is 4.90 Å². The molecule has 6 heteroatoms. The quantitative estimate of drug-likeness (QED) is 0.655. The molecule has 0 bridgehead atoms. The summed E-state index contributed by atoms with van der Waals surface area (Å²) < 4.78 is 10.8. The van der Waals surface area contributed by atoms with E-state index in [2.05, 4.69) is 0 Å². The number of amides is 2. The Bertz CT molecular complexity index is 893. The van der Waals surface area contributed by atoms with Gasteiger partial charge in [0, 0.05) is 18.7 Å². The first-order valence-corrected chi connectivity index (χ1v) is 9.31. The highest BCUT2D eigenvalue weighted by atomic mass is 16.3. The van der Waals surface area contributed by atoms with Crippen molar-refractivity contribution in [2.45, 2.75) is 26.4 Å². The summed E-state index contributed by atoms with van der Waals surface area (Å²) in [5, 5.41) is 0. The summed E-state index contributed by atoms with van der Waals surface area (Å²) in [6, 6.07) is 15.0. The molecule has 2 aromatic heterocycles. The number of rotatable bonds is 6. The Labute approximate surface area is 163 Å². The summed E-state index contributed by atoms with van der Waals surface area (Å²) in [5.41, 5.74) is 1.96. The van der Waals surface area contributed by atoms with Gasteiger partial charge in [0.05, 0.1) is 31.5 Å². The lowest BCUT2D eigenvalue weighted by atomic mass is 10.1. The summed E-state index contributed by atoms with van der Waals surface area (Å²) >= 11 is 0. The van der Waals surface area contributed by atoms with Crippen LogP contribution in [0, 0.1) is 12.8 Å². The lowest BCUT2D eigenvalue weighted by Crippen LogP contribution is -2.36. The maximum absolute atomic E-state index is 13.2. The lowest BCUT2D eigenvalue weighted by Gasteiger charge is -2.24. The molecule has 28 heavy (non-hydrogen) atoms. The van der Waals surface area contributed by atoms with Gasteiger partial charge in [0.15, 0.2) is 0 Å². The maximum Gasteiger partial charge on any atom is 0.228 e. The topological polar surface area (TPSA) is 66.9 Å². The van der Waals surface area contributed by atoms with E-state index in [0.29, 0.717) is 31.2 Å². The molecule has 0 saturated carbocycles. The SMILES string of the molecule is Cc1ccc(N2C[C@@H](C(=O)N(Cc3ccco3)Cc3ccco3)CC2=O)cc1. The molecule has 0 spiro atoms. The van der Waals surface area contributed by atoms with Crippen molar-refractivity contribution in [3.63, 3.8) is 0 Å². The van der Waals surface area contributed by atoms with Gasteiger partial charge in [-0.1, -0.05) is 17.7 Å². The third kappa shape index (κ3) is 3.86. The Morgan fingerprint density at radius 3 is 2.18 bits per heavy atom. The first kappa shape index (κ1) is 18.1. The molecule has 1 saturated heterocycles. The van der Waals surface area contributed by atoms with Gasteiger partial charge in [0.2, 0.25) is 11.8 Å². The zero-order valence-corrected chi connectivity index (χ0v) is 15.7. The molecule has 144 valence electrons. The van der Waals surface area contributed by atoms with E-state index in [1.807, 2.05) is 43.3 Å². The highest BCUT2D eigenvalue weighted by molar-refractivity contribution is 6.00. The molecule has 1 aliphatic heterocycles. The van der Waals surface area contributed by atoms with Gasteiger partial charge in [0.25, 0.3) is 0 Å². The predicted molar refractivity (Wildman–Crippen MR) is 103 cm³/mol. The molecule has 0 unspecified atom stereocenters. The fourth-order valence-corrected chi connectivity index (χ4v) is 3.50. The van der Waals surface area contributed by atoms with Crippen molar-refractivity contribution in [3.05, 3.63) is 78.1 Å². The van der Waals surface area contributed by atoms with Gasteiger partial charge in [-0.05, 0) is 43.3 Å². The monoisotopic (exact) mass is 378 g/mol. The van der Waals surface area contributed by atoms with Gasteiger partial charge in [-0.2, -0.15) is 0 Å². The van der Waals surface area contributed by atoms with Gasteiger partial charge in [-0.15, -0.1) is 0 Å². The summed E-state index contributed by atoms with van der Waals surface area (Å²) in [5.74, 6) is 0.895. The number of benzene rings is 1. The fourth-order valence-electron chi connectivity index (χ4n) is 3.50. The molecular weight excluding hydrogens is 356 g/mol. The van der Waals surface area contributed by atoms with E-state index in [9.17, 15) is 9.59 Å². The molecule has 3 aromatic rings. The molecule has 6 nitrogen and oxygen atoms in total. The van der Waals surface area contributed by atoms with Crippen LogP contribution in [0.5, 0.6) is 0 Å². The van der Waals surface area contributed by atoms with E-state index in [1.165, 1.54) is 0 Å². The van der Waals surface area contributed by atoms with Crippen LogP contribution in [0.3, 0.4) is 0 Å². The number of carbonyl (C=O) groups is 2. The molecule has 1 aromatic carbocycles. The standard InChI is InChI=1S/C22H22N2O4/c1-16-6-8-18(9-7-16)24-13-17(12-21(24)25)22(26)23(14-19-4-2-10-27-19)15-20-5-3-11-28-20/h2-11,17H,12-15H2,1H3/t17-/m0/s1. The lowest BCUT2D eigenvalue weighted by molar-refractivity contribution is -0.137. The molecule has 2 amide bonds. The Balaban J connectivity index is 1.51. The third-order valence-corrected chi connectivity index (χ3v) is 4.99. The molecule has 1 aliphatic rings. The Morgan fingerprint density at radius 1 is 1.04 bits per heavy atom. The van der Waals surface area contributed by atoms with E-state index in [1.54, 1.807) is 34.5 Å². The zero-order valence-electron chi connectivity index (χ0n) is 15.7. The third-order valence-electron chi connectivity index (χ3n) is 4.99. The Morgan fingerprint density at radius 2 is 1.64 bits per heavy atom. The van der Waals surface area contributed by atoms with E-state index in [-0.39, 0.29) is 18.2 Å². The molecule has 1 atom stereocenters. The maximum atomic E-state index is 13.2. The zero-order chi connectivity index (χ0) is 19.5. The summed E-state index contributed by atoms with van der Waals surface area (Å²) in [6.45, 7) is 3.06. The summed E-state index contributed by atoms with van der Waals surface area (Å²) in [4.78, 5) is 29.2. The van der Waals surface area contributed by atoms with Crippen LogP contribution in [-0.4, -0.2) is 23.3 Å². The first-order valence-electron chi connectivity index (χ1n) is 9.31. The van der Waals surface area contributed by atoms with Crippen molar-refractivity contribution in [2.75, 3.05) is 11.4 Å². The van der Waals surface area contributed by atoms with Crippen LogP contribution in [0.4, 0.5) is 5.69 Å². The molecule has 0 aliphatic carbocycles. The first-order chi connectivity index (χ1) is 13.6.